The van der Waals surface area contributed by atoms with Gasteiger partial charge in [0.05, 0.1) is 21.4 Å². The summed E-state index contributed by atoms with van der Waals surface area (Å²) in [5, 5.41) is 9.93. The molecule has 1 aromatic heterocycles. The smallest absolute Gasteiger partial charge is 0.306 e. The van der Waals surface area contributed by atoms with Crippen molar-refractivity contribution in [1.82, 2.24) is 4.98 Å². The molecule has 2 aromatic rings. The number of aliphatic carboxylic acids is 1. The molecule has 21 heavy (non-hydrogen) atoms. The number of H-pyrrole nitrogens is 1. The summed E-state index contributed by atoms with van der Waals surface area (Å²) in [6.45, 7) is 1.04. The van der Waals surface area contributed by atoms with Gasteiger partial charge in [0.1, 0.15) is 5.60 Å². The van der Waals surface area contributed by atoms with E-state index in [2.05, 4.69) is 4.98 Å². The zero-order valence-corrected chi connectivity index (χ0v) is 12.1. The first kappa shape index (κ1) is 10.0. The quantitative estimate of drug-likeness (QED) is 0.907. The van der Waals surface area contributed by atoms with Crippen LogP contribution < -0.4 is 0 Å². The van der Waals surface area contributed by atoms with Crippen molar-refractivity contribution in [3.63, 3.8) is 0 Å². The van der Waals surface area contributed by atoms with Crippen LogP contribution in [0.2, 0.25) is 0 Å². The Morgan fingerprint density at radius 1 is 1.52 bits per heavy atom. The van der Waals surface area contributed by atoms with Gasteiger partial charge in [0, 0.05) is 13.6 Å². The third-order valence-electron chi connectivity index (χ3n) is 4.19. The van der Waals surface area contributed by atoms with Crippen LogP contribution in [0.4, 0.5) is 0 Å². The van der Waals surface area contributed by atoms with Crippen LogP contribution in [0.1, 0.15) is 49.0 Å². The third-order valence-corrected chi connectivity index (χ3v) is 4.19. The molecule has 4 heteroatoms. The van der Waals surface area contributed by atoms with Crippen LogP contribution in [-0.2, 0) is 27.9 Å². The van der Waals surface area contributed by atoms with Crippen LogP contribution in [0.15, 0.2) is 18.2 Å². The molecule has 0 aliphatic carbocycles. The monoisotopic (exact) mass is 291 g/mol. The van der Waals surface area contributed by atoms with E-state index in [1.165, 1.54) is 0 Å². The minimum absolute atomic E-state index is 0.164. The summed E-state index contributed by atoms with van der Waals surface area (Å²) < 4.78 is 38.5. The van der Waals surface area contributed by atoms with Gasteiger partial charge >= 0.3 is 5.97 Å². The molecule has 0 spiro atoms. The molecule has 1 aliphatic heterocycles. The Kier molecular flexibility index (Phi) is 2.47. The molecule has 0 unspecified atom stereocenters. The number of hydrogen-bond acceptors (Lipinski definition) is 2. The number of hydrogen-bond donors (Lipinski definition) is 2. The number of fused-ring (bicyclic) bond motifs is 3. The molecule has 0 fully saturated rings. The zero-order valence-electron chi connectivity index (χ0n) is 16.1. The highest BCUT2D eigenvalue weighted by Gasteiger charge is 2.40. The number of carboxylic acids is 1. The van der Waals surface area contributed by atoms with E-state index in [0.717, 1.165) is 5.56 Å². The molecule has 0 bridgehead atoms. The fraction of sp³-hybridized carbons (Fsp3) is 0.471. The van der Waals surface area contributed by atoms with E-state index in [1.807, 2.05) is 13.0 Å². The normalized spacial score (nSPS) is 29.0. The van der Waals surface area contributed by atoms with E-state index >= 15 is 0 Å². The van der Waals surface area contributed by atoms with E-state index in [9.17, 15) is 9.90 Å². The van der Waals surface area contributed by atoms with Gasteiger partial charge in [-0.2, -0.15) is 0 Å². The Balaban J connectivity index is 2.42. The molecular weight excluding hydrogens is 266 g/mol. The highest BCUT2D eigenvalue weighted by molar-refractivity contribution is 5.88. The number of carbonyl (C=O) groups is 1. The Labute approximate surface area is 129 Å². The van der Waals surface area contributed by atoms with E-state index < -0.39 is 30.9 Å². The molecule has 1 aliphatic rings. The number of nitrogens with one attached hydrogen (secondary N) is 1. The summed E-state index contributed by atoms with van der Waals surface area (Å²) in [7, 11) is 0. The van der Waals surface area contributed by atoms with Gasteiger partial charge in [0.15, 0.2) is 0 Å². The molecule has 3 rings (SSSR count). The van der Waals surface area contributed by atoms with Gasteiger partial charge in [-0.3, -0.25) is 4.79 Å². The van der Waals surface area contributed by atoms with Crippen LogP contribution in [0.3, 0.4) is 0 Å². The van der Waals surface area contributed by atoms with Crippen LogP contribution in [0.25, 0.3) is 10.9 Å². The Morgan fingerprint density at radius 2 is 2.33 bits per heavy atom. The van der Waals surface area contributed by atoms with Crippen molar-refractivity contribution in [1.29, 1.82) is 0 Å². The molecule has 2 heterocycles. The Hall–Kier alpha value is -1.81. The number of aromatic amines is 1. The summed E-state index contributed by atoms with van der Waals surface area (Å²) in [6, 6.07) is 5.46. The van der Waals surface area contributed by atoms with Gasteiger partial charge < -0.3 is 14.8 Å². The Bertz CT molecular complexity index is 846. The first-order valence-corrected chi connectivity index (χ1v) is 7.16. The highest BCUT2D eigenvalue weighted by Crippen LogP contribution is 2.42. The number of para-hydroxylation sites is 1. The van der Waals surface area contributed by atoms with Crippen molar-refractivity contribution in [2.24, 2.45) is 0 Å². The second-order valence-corrected chi connectivity index (χ2v) is 5.32. The molecule has 2 N–H and O–H groups in total. The summed E-state index contributed by atoms with van der Waals surface area (Å²) in [4.78, 5) is 14.6. The predicted octanol–water partition coefficient (Wildman–Crippen LogP) is 3.38. The van der Waals surface area contributed by atoms with Crippen molar-refractivity contribution in [3.05, 3.63) is 35.0 Å². The summed E-state index contributed by atoms with van der Waals surface area (Å²) in [5.41, 5.74) is 0.720. The molecule has 1 aromatic carbocycles. The van der Waals surface area contributed by atoms with Crippen LogP contribution in [0.5, 0.6) is 0 Å². The van der Waals surface area contributed by atoms with E-state index in [0.29, 0.717) is 23.0 Å². The van der Waals surface area contributed by atoms with Gasteiger partial charge in [-0.25, -0.2) is 0 Å². The molecule has 0 saturated heterocycles. The van der Waals surface area contributed by atoms with Gasteiger partial charge in [0.2, 0.25) is 0 Å². The highest BCUT2D eigenvalue weighted by atomic mass is 16.5. The molecule has 112 valence electrons. The summed E-state index contributed by atoms with van der Waals surface area (Å²) in [6.07, 6.45) is -1.94. The molecule has 4 nitrogen and oxygen atoms in total. The largest absolute Gasteiger partial charge is 0.481 e. The van der Waals surface area contributed by atoms with Crippen LogP contribution >= 0.6 is 0 Å². The maximum atomic E-state index is 11.4. The standard InChI is InChI=1S/C17H21NO3/c1-3-11-6-5-7-12-13-8-9-21-17(4-2,10-14(19)20)16(13)18-15(11)12/h5-7,18H,3-4,8-10H2,1-2H3,(H,19,20)/t17-/m1/s1/i8D2,9D2. The second kappa shape index (κ2) is 5.19. The maximum Gasteiger partial charge on any atom is 0.306 e. The van der Waals surface area contributed by atoms with E-state index in [-0.39, 0.29) is 12.0 Å². The lowest BCUT2D eigenvalue weighted by Crippen LogP contribution is -2.37. The van der Waals surface area contributed by atoms with Gasteiger partial charge in [-0.05, 0) is 30.3 Å². The van der Waals surface area contributed by atoms with E-state index in [1.54, 1.807) is 19.1 Å². The lowest BCUT2D eigenvalue weighted by Gasteiger charge is -2.35. The molecule has 0 radical (unpaired) electrons. The zero-order chi connectivity index (χ0) is 18.6. The number of rotatable bonds is 4. The number of benzene rings is 1. The fourth-order valence-electron chi connectivity index (χ4n) is 3.01. The first-order valence-electron chi connectivity index (χ1n) is 9.16. The lowest BCUT2D eigenvalue weighted by molar-refractivity contribution is -0.148. The molecule has 1 atom stereocenters. The predicted molar refractivity (Wildman–Crippen MR) is 81.6 cm³/mol. The molecule has 0 amide bonds. The van der Waals surface area contributed by atoms with Crippen molar-refractivity contribution in [2.75, 3.05) is 6.56 Å². The number of aromatic nitrogens is 1. The number of ether oxygens (including phenoxy) is 1. The van der Waals surface area contributed by atoms with Crippen molar-refractivity contribution < 1.29 is 20.1 Å². The topological polar surface area (TPSA) is 62.3 Å². The Morgan fingerprint density at radius 3 is 3.00 bits per heavy atom. The van der Waals surface area contributed by atoms with Crippen molar-refractivity contribution in [2.45, 2.75) is 45.1 Å². The second-order valence-electron chi connectivity index (χ2n) is 5.32. The number of aryl methyl sites for hydroxylation is 2. The van der Waals surface area contributed by atoms with Crippen molar-refractivity contribution >= 4 is 16.9 Å². The van der Waals surface area contributed by atoms with E-state index in [4.69, 9.17) is 10.2 Å². The minimum Gasteiger partial charge on any atom is -0.481 e. The number of carboxylic acid groups (broad SMARTS) is 1. The van der Waals surface area contributed by atoms with Crippen molar-refractivity contribution in [3.8, 4) is 0 Å². The third kappa shape index (κ3) is 2.14. The SMILES string of the molecule is [2H]C1([2H])O[C@](CC)(CC(=O)O)c2[nH]c3c(CC)cccc3c2C1([2H])[2H]. The average molecular weight is 291 g/mol. The lowest BCUT2D eigenvalue weighted by atomic mass is 9.86. The van der Waals surface area contributed by atoms with Crippen LogP contribution in [0, 0.1) is 0 Å². The fourth-order valence-corrected chi connectivity index (χ4v) is 3.01. The molecular formula is C17H21NO3. The summed E-state index contributed by atoms with van der Waals surface area (Å²) >= 11 is 0. The average Bonchev–Trinajstić information content (AvgIpc) is 2.93. The minimum atomic E-state index is -2.65. The van der Waals surface area contributed by atoms with Crippen LogP contribution in [-0.4, -0.2) is 22.6 Å². The molecule has 0 saturated carbocycles. The summed E-state index contributed by atoms with van der Waals surface area (Å²) in [5.74, 6) is -1.12. The maximum absolute atomic E-state index is 11.4. The van der Waals surface area contributed by atoms with Gasteiger partial charge in [0.25, 0.3) is 0 Å². The first-order chi connectivity index (χ1) is 11.6. The van der Waals surface area contributed by atoms with Gasteiger partial charge in [-0.15, -0.1) is 0 Å². The van der Waals surface area contributed by atoms with Gasteiger partial charge in [-0.1, -0.05) is 32.0 Å².